The minimum absolute atomic E-state index is 0.160. The zero-order valence-electron chi connectivity index (χ0n) is 9.84. The van der Waals surface area contributed by atoms with Crippen molar-refractivity contribution in [1.82, 2.24) is 5.32 Å². The molecule has 0 saturated heterocycles. The maximum Gasteiger partial charge on any atom is 0.407 e. The van der Waals surface area contributed by atoms with Crippen LogP contribution in [0.1, 0.15) is 41.5 Å². The summed E-state index contributed by atoms with van der Waals surface area (Å²) in [6.07, 6.45) is -0.667. The first-order valence-electron chi connectivity index (χ1n) is 4.77. The van der Waals surface area contributed by atoms with Crippen molar-refractivity contribution in [2.75, 3.05) is 0 Å². The molecule has 0 aliphatic rings. The lowest BCUT2D eigenvalue weighted by Crippen LogP contribution is -2.58. The third kappa shape index (κ3) is 3.96. The highest BCUT2D eigenvalue weighted by molar-refractivity contribution is 5.68. The number of carbonyl (C=O) groups is 1. The lowest BCUT2D eigenvalue weighted by atomic mass is 9.86. The summed E-state index contributed by atoms with van der Waals surface area (Å²) in [5.41, 5.74) is -1.72. The summed E-state index contributed by atoms with van der Waals surface area (Å²) < 4.78 is 4.92. The average molecular weight is 203 g/mol. The molecule has 4 nitrogen and oxygen atoms in total. The van der Waals surface area contributed by atoms with Gasteiger partial charge in [0.15, 0.2) is 0 Å². The second kappa shape index (κ2) is 4.17. The molecular weight excluding hydrogens is 182 g/mol. The number of alkyl carbamates (subject to hydrolysis) is 1. The molecule has 1 amide bonds. The highest BCUT2D eigenvalue weighted by Crippen LogP contribution is 2.20. The average Bonchev–Trinajstić information content (AvgIpc) is 1.79. The van der Waals surface area contributed by atoms with E-state index in [0.29, 0.717) is 0 Å². The summed E-state index contributed by atoms with van der Waals surface area (Å²) in [4.78, 5) is 11.3. The largest absolute Gasteiger partial charge is 0.447 e. The molecule has 0 aromatic heterocycles. The molecule has 0 aliphatic heterocycles. The van der Waals surface area contributed by atoms with E-state index in [1.165, 1.54) is 0 Å². The third-order valence-corrected chi connectivity index (χ3v) is 2.29. The molecule has 14 heavy (non-hydrogen) atoms. The molecule has 0 unspecified atom stereocenters. The van der Waals surface area contributed by atoms with Crippen LogP contribution in [0.4, 0.5) is 4.79 Å². The zero-order chi connectivity index (χ0) is 11.6. The molecule has 0 atom stereocenters. The van der Waals surface area contributed by atoms with Crippen LogP contribution in [0.25, 0.3) is 0 Å². The summed E-state index contributed by atoms with van der Waals surface area (Å²) >= 11 is 0. The van der Waals surface area contributed by atoms with Crippen molar-refractivity contribution in [2.45, 2.75) is 58.8 Å². The maximum absolute atomic E-state index is 11.3. The molecule has 0 aromatic rings. The van der Waals surface area contributed by atoms with E-state index in [2.05, 4.69) is 5.32 Å². The summed E-state index contributed by atoms with van der Waals surface area (Å²) in [6, 6.07) is 0. The van der Waals surface area contributed by atoms with E-state index in [1.54, 1.807) is 41.5 Å². The van der Waals surface area contributed by atoms with Gasteiger partial charge < -0.3 is 15.2 Å². The predicted molar refractivity (Wildman–Crippen MR) is 55.1 cm³/mol. The van der Waals surface area contributed by atoms with Gasteiger partial charge in [-0.1, -0.05) is 0 Å². The molecule has 0 saturated carbocycles. The summed E-state index contributed by atoms with van der Waals surface area (Å²) in [7, 11) is 0. The highest BCUT2D eigenvalue weighted by Gasteiger charge is 2.36. The van der Waals surface area contributed by atoms with Crippen LogP contribution in [0, 0.1) is 0 Å². The first kappa shape index (κ1) is 13.2. The number of nitrogens with one attached hydrogen (secondary N) is 1. The molecule has 0 rings (SSSR count). The van der Waals surface area contributed by atoms with Gasteiger partial charge in [-0.25, -0.2) is 4.79 Å². The fourth-order valence-electron chi connectivity index (χ4n) is 0.652. The molecule has 0 spiro atoms. The Morgan fingerprint density at radius 2 is 1.71 bits per heavy atom. The van der Waals surface area contributed by atoms with Gasteiger partial charge in [0.25, 0.3) is 0 Å². The van der Waals surface area contributed by atoms with Gasteiger partial charge in [-0.05, 0) is 41.5 Å². The molecular formula is C10H21NO3. The smallest absolute Gasteiger partial charge is 0.407 e. The van der Waals surface area contributed by atoms with Crippen LogP contribution in [0.15, 0.2) is 0 Å². The molecule has 84 valence electrons. The van der Waals surface area contributed by atoms with Crippen molar-refractivity contribution in [3.05, 3.63) is 0 Å². The molecule has 0 bridgehead atoms. The van der Waals surface area contributed by atoms with Crippen LogP contribution in [0.5, 0.6) is 0 Å². The minimum Gasteiger partial charge on any atom is -0.447 e. The summed E-state index contributed by atoms with van der Waals surface area (Å²) in [5, 5.41) is 12.4. The second-order valence-electron chi connectivity index (χ2n) is 4.76. The van der Waals surface area contributed by atoms with Crippen LogP contribution in [-0.2, 0) is 4.74 Å². The van der Waals surface area contributed by atoms with E-state index in [9.17, 15) is 9.90 Å². The third-order valence-electron chi connectivity index (χ3n) is 2.29. The Hall–Kier alpha value is -0.770. The van der Waals surface area contributed by atoms with Gasteiger partial charge in [0.1, 0.15) is 0 Å². The predicted octanol–water partition coefficient (Wildman–Crippen LogP) is 1.67. The Balaban J connectivity index is 4.30. The Bertz CT molecular complexity index is 204. The lowest BCUT2D eigenvalue weighted by molar-refractivity contribution is -0.00721. The molecule has 2 N–H and O–H groups in total. The second-order valence-corrected chi connectivity index (χ2v) is 4.76. The van der Waals surface area contributed by atoms with Crippen LogP contribution in [0.2, 0.25) is 0 Å². The first-order chi connectivity index (χ1) is 6.06. The van der Waals surface area contributed by atoms with E-state index >= 15 is 0 Å². The van der Waals surface area contributed by atoms with Crippen LogP contribution in [-0.4, -0.2) is 28.4 Å². The lowest BCUT2D eigenvalue weighted by Gasteiger charge is -2.37. The topological polar surface area (TPSA) is 58.6 Å². The minimum atomic E-state index is -0.997. The number of amides is 1. The Kier molecular flexibility index (Phi) is 3.94. The fourth-order valence-corrected chi connectivity index (χ4v) is 0.652. The van der Waals surface area contributed by atoms with E-state index in [-0.39, 0.29) is 6.10 Å². The number of hydrogen-bond donors (Lipinski definition) is 2. The van der Waals surface area contributed by atoms with Crippen molar-refractivity contribution in [3.8, 4) is 0 Å². The molecule has 4 heteroatoms. The van der Waals surface area contributed by atoms with Crippen molar-refractivity contribution in [3.63, 3.8) is 0 Å². The van der Waals surface area contributed by atoms with Crippen molar-refractivity contribution >= 4 is 6.09 Å². The van der Waals surface area contributed by atoms with E-state index in [1.807, 2.05) is 0 Å². The normalized spacial score (nSPS) is 12.9. The van der Waals surface area contributed by atoms with Crippen LogP contribution in [0.3, 0.4) is 0 Å². The Morgan fingerprint density at radius 3 is 2.00 bits per heavy atom. The van der Waals surface area contributed by atoms with E-state index in [4.69, 9.17) is 4.74 Å². The molecule has 0 fully saturated rings. The van der Waals surface area contributed by atoms with Crippen molar-refractivity contribution < 1.29 is 14.6 Å². The summed E-state index contributed by atoms with van der Waals surface area (Å²) in [6.45, 7) is 10.3. The van der Waals surface area contributed by atoms with E-state index < -0.39 is 17.2 Å². The SMILES string of the molecule is CC(C)OC(=O)NC(C)(C)C(C)(C)O. The molecule has 0 radical (unpaired) electrons. The van der Waals surface area contributed by atoms with Crippen molar-refractivity contribution in [1.29, 1.82) is 0 Å². The van der Waals surface area contributed by atoms with E-state index in [0.717, 1.165) is 0 Å². The van der Waals surface area contributed by atoms with Crippen LogP contribution < -0.4 is 5.32 Å². The zero-order valence-corrected chi connectivity index (χ0v) is 9.84. The molecule has 0 aliphatic carbocycles. The number of carbonyl (C=O) groups excluding carboxylic acids is 1. The number of hydrogen-bond acceptors (Lipinski definition) is 3. The van der Waals surface area contributed by atoms with Gasteiger partial charge in [0.05, 0.1) is 17.2 Å². The number of aliphatic hydroxyl groups is 1. The van der Waals surface area contributed by atoms with Gasteiger partial charge in [-0.2, -0.15) is 0 Å². The van der Waals surface area contributed by atoms with Gasteiger partial charge >= 0.3 is 6.09 Å². The number of rotatable bonds is 3. The molecule has 0 heterocycles. The monoisotopic (exact) mass is 203 g/mol. The van der Waals surface area contributed by atoms with Gasteiger partial charge in [0.2, 0.25) is 0 Å². The van der Waals surface area contributed by atoms with Crippen LogP contribution >= 0.6 is 0 Å². The Morgan fingerprint density at radius 1 is 1.29 bits per heavy atom. The fraction of sp³-hybridized carbons (Fsp3) is 0.900. The standard InChI is InChI=1S/C10H21NO3/c1-7(2)14-8(12)11-9(3,4)10(5,6)13/h7,13H,1-6H3,(H,11,12). The Labute approximate surface area is 85.6 Å². The quantitative estimate of drug-likeness (QED) is 0.733. The van der Waals surface area contributed by atoms with Crippen molar-refractivity contribution in [2.24, 2.45) is 0 Å². The highest BCUT2D eigenvalue weighted by atomic mass is 16.6. The number of ether oxygens (including phenoxy) is 1. The van der Waals surface area contributed by atoms with Gasteiger partial charge in [-0.3, -0.25) is 0 Å². The van der Waals surface area contributed by atoms with Gasteiger partial charge in [-0.15, -0.1) is 0 Å². The first-order valence-corrected chi connectivity index (χ1v) is 4.77. The molecule has 0 aromatic carbocycles. The maximum atomic E-state index is 11.3. The summed E-state index contributed by atoms with van der Waals surface area (Å²) in [5.74, 6) is 0. The van der Waals surface area contributed by atoms with Gasteiger partial charge in [0, 0.05) is 0 Å².